The molecule has 7 heteroatoms. The highest BCUT2D eigenvalue weighted by atomic mass is 32.1. The second-order valence-electron chi connectivity index (χ2n) is 5.19. The van der Waals surface area contributed by atoms with Gasteiger partial charge in [-0.3, -0.25) is 9.59 Å². The molecule has 3 aromatic rings. The van der Waals surface area contributed by atoms with Crippen molar-refractivity contribution in [1.29, 1.82) is 0 Å². The summed E-state index contributed by atoms with van der Waals surface area (Å²) < 4.78 is 27.7. The largest absolute Gasteiger partial charge is 0.505 e. The second-order valence-corrected chi connectivity index (χ2v) is 6.28. The Balaban J connectivity index is 2.00. The lowest BCUT2D eigenvalue weighted by Gasteiger charge is -2.04. The van der Waals surface area contributed by atoms with E-state index in [2.05, 4.69) is 0 Å². The predicted octanol–water partition coefficient (Wildman–Crippen LogP) is 3.73. The van der Waals surface area contributed by atoms with Crippen molar-refractivity contribution in [1.82, 2.24) is 0 Å². The van der Waals surface area contributed by atoms with Gasteiger partial charge >= 0.3 is 0 Å². The molecule has 25 heavy (non-hydrogen) atoms. The fourth-order valence-electron chi connectivity index (χ4n) is 2.31. The first kappa shape index (κ1) is 16.8. The molecule has 1 amide bonds. The molecule has 0 aliphatic heterocycles. The second kappa shape index (κ2) is 6.45. The Morgan fingerprint density at radius 1 is 1.04 bits per heavy atom. The molecule has 1 aromatic heterocycles. The molecule has 0 saturated carbocycles. The quantitative estimate of drug-likeness (QED) is 0.697. The van der Waals surface area contributed by atoms with Gasteiger partial charge in [-0.15, -0.1) is 11.3 Å². The van der Waals surface area contributed by atoms with Gasteiger partial charge in [0.15, 0.2) is 11.6 Å². The first-order valence-electron chi connectivity index (χ1n) is 7.10. The number of carbonyl (C=O) groups is 2. The molecule has 126 valence electrons. The van der Waals surface area contributed by atoms with E-state index in [4.69, 9.17) is 5.73 Å². The molecule has 0 radical (unpaired) electrons. The van der Waals surface area contributed by atoms with Gasteiger partial charge in [0.05, 0.1) is 10.4 Å². The number of phenolic OH excluding ortho intramolecular Hbond substituents is 1. The van der Waals surface area contributed by atoms with Crippen molar-refractivity contribution < 1.29 is 23.5 Å². The Hall–Kier alpha value is -3.06. The highest BCUT2D eigenvalue weighted by Crippen LogP contribution is 2.32. The van der Waals surface area contributed by atoms with Gasteiger partial charge < -0.3 is 10.8 Å². The summed E-state index contributed by atoms with van der Waals surface area (Å²) in [5.74, 6) is -4.59. The number of hydrogen-bond acceptors (Lipinski definition) is 4. The molecule has 0 aliphatic rings. The zero-order chi connectivity index (χ0) is 18.1. The van der Waals surface area contributed by atoms with Gasteiger partial charge in [0.1, 0.15) is 5.82 Å². The number of nitrogens with two attached hydrogens (primary N) is 1. The molecule has 1 heterocycles. The van der Waals surface area contributed by atoms with Crippen LogP contribution in [0, 0.1) is 11.6 Å². The smallest absolute Gasteiger partial charge is 0.248 e. The minimum Gasteiger partial charge on any atom is -0.505 e. The molecule has 4 nitrogen and oxygen atoms in total. The molecule has 3 rings (SSSR count). The lowest BCUT2D eigenvalue weighted by atomic mass is 10.1. The van der Waals surface area contributed by atoms with Crippen LogP contribution in [0.15, 0.2) is 48.5 Å². The van der Waals surface area contributed by atoms with E-state index in [1.165, 1.54) is 6.07 Å². The minimum atomic E-state index is -1.30. The van der Waals surface area contributed by atoms with Crippen LogP contribution in [-0.4, -0.2) is 16.8 Å². The number of thiophene rings is 1. The van der Waals surface area contributed by atoms with Crippen molar-refractivity contribution in [2.24, 2.45) is 5.73 Å². The van der Waals surface area contributed by atoms with E-state index in [1.54, 1.807) is 30.3 Å². The van der Waals surface area contributed by atoms with Crippen LogP contribution in [0.1, 0.15) is 25.6 Å². The number of aromatic hydroxyl groups is 1. The Labute approximate surface area is 145 Å². The molecule has 3 N–H and O–H groups in total. The maximum atomic E-state index is 13.9. The summed E-state index contributed by atoms with van der Waals surface area (Å²) in [6.07, 6.45) is 0. The van der Waals surface area contributed by atoms with Crippen molar-refractivity contribution in [3.8, 4) is 16.2 Å². The highest BCUT2D eigenvalue weighted by molar-refractivity contribution is 7.17. The minimum absolute atomic E-state index is 0.0999. The Morgan fingerprint density at radius 2 is 1.80 bits per heavy atom. The Bertz CT molecular complexity index is 998. The summed E-state index contributed by atoms with van der Waals surface area (Å²) in [5, 5.41) is 9.35. The van der Waals surface area contributed by atoms with Crippen molar-refractivity contribution >= 4 is 23.0 Å². The van der Waals surface area contributed by atoms with Crippen molar-refractivity contribution in [2.75, 3.05) is 0 Å². The number of primary amides is 1. The van der Waals surface area contributed by atoms with E-state index in [-0.39, 0.29) is 4.88 Å². The number of phenols is 1. The maximum Gasteiger partial charge on any atom is 0.248 e. The van der Waals surface area contributed by atoms with Crippen LogP contribution >= 0.6 is 11.3 Å². The fraction of sp³-hybridized carbons (Fsp3) is 0. The standard InChI is InChI=1S/C18H11F2NO3S/c19-11-4-5-12(22)16(20)15(11)17(23)14-7-6-13(25-14)9-2-1-3-10(8-9)18(21)24/h1-8,22H,(H2,21,24). The van der Waals surface area contributed by atoms with Crippen molar-refractivity contribution in [3.05, 3.63) is 76.2 Å². The Kier molecular flexibility index (Phi) is 4.33. The van der Waals surface area contributed by atoms with Crippen molar-refractivity contribution in [2.45, 2.75) is 0 Å². The van der Waals surface area contributed by atoms with Gasteiger partial charge in [0.25, 0.3) is 0 Å². The average molecular weight is 359 g/mol. The summed E-state index contributed by atoms with van der Waals surface area (Å²) in [7, 11) is 0. The third-order valence-corrected chi connectivity index (χ3v) is 4.69. The number of ketones is 1. The van der Waals surface area contributed by atoms with E-state index in [0.717, 1.165) is 23.5 Å². The van der Waals surface area contributed by atoms with Crippen LogP contribution in [0.2, 0.25) is 0 Å². The van der Waals surface area contributed by atoms with E-state index in [9.17, 15) is 23.5 Å². The van der Waals surface area contributed by atoms with Crippen LogP contribution in [0.3, 0.4) is 0 Å². The van der Waals surface area contributed by atoms with E-state index >= 15 is 0 Å². The third-order valence-electron chi connectivity index (χ3n) is 3.56. The van der Waals surface area contributed by atoms with Gasteiger partial charge in [-0.25, -0.2) is 8.78 Å². The molecule has 0 spiro atoms. The van der Waals surface area contributed by atoms with Gasteiger partial charge in [-0.2, -0.15) is 0 Å². The fourth-order valence-corrected chi connectivity index (χ4v) is 3.26. The zero-order valence-corrected chi connectivity index (χ0v) is 13.4. The lowest BCUT2D eigenvalue weighted by molar-refractivity contribution is 0.0998. The van der Waals surface area contributed by atoms with Gasteiger partial charge in [-0.1, -0.05) is 12.1 Å². The predicted molar refractivity (Wildman–Crippen MR) is 89.7 cm³/mol. The van der Waals surface area contributed by atoms with Crippen LogP contribution in [-0.2, 0) is 0 Å². The van der Waals surface area contributed by atoms with Gasteiger partial charge in [-0.05, 0) is 42.0 Å². The highest BCUT2D eigenvalue weighted by Gasteiger charge is 2.23. The zero-order valence-electron chi connectivity index (χ0n) is 12.6. The number of hydrogen-bond donors (Lipinski definition) is 2. The summed E-state index contributed by atoms with van der Waals surface area (Å²) in [6.45, 7) is 0. The topological polar surface area (TPSA) is 80.4 Å². The van der Waals surface area contributed by atoms with Crippen LogP contribution < -0.4 is 5.73 Å². The number of amides is 1. The molecule has 0 aliphatic carbocycles. The molecule has 0 atom stereocenters. The number of carbonyl (C=O) groups excluding carboxylic acids is 2. The molecule has 0 bridgehead atoms. The normalized spacial score (nSPS) is 10.6. The monoisotopic (exact) mass is 359 g/mol. The average Bonchev–Trinajstić information content (AvgIpc) is 3.08. The van der Waals surface area contributed by atoms with Gasteiger partial charge in [0, 0.05) is 10.4 Å². The van der Waals surface area contributed by atoms with Crippen LogP contribution in [0.4, 0.5) is 8.78 Å². The van der Waals surface area contributed by atoms with E-state index < -0.39 is 34.6 Å². The lowest BCUT2D eigenvalue weighted by Crippen LogP contribution is -2.10. The SMILES string of the molecule is NC(=O)c1cccc(-c2ccc(C(=O)c3c(F)ccc(O)c3F)s2)c1. The van der Waals surface area contributed by atoms with Crippen LogP contribution in [0.5, 0.6) is 5.75 Å². The third kappa shape index (κ3) is 3.14. The Morgan fingerprint density at radius 3 is 2.52 bits per heavy atom. The molecule has 2 aromatic carbocycles. The van der Waals surface area contributed by atoms with Crippen molar-refractivity contribution in [3.63, 3.8) is 0 Å². The van der Waals surface area contributed by atoms with E-state index in [0.29, 0.717) is 16.0 Å². The molecular formula is C18H11F2NO3S. The van der Waals surface area contributed by atoms with Gasteiger partial charge in [0.2, 0.25) is 11.7 Å². The maximum absolute atomic E-state index is 13.9. The first-order chi connectivity index (χ1) is 11.9. The summed E-state index contributed by atoms with van der Waals surface area (Å²) in [6, 6.07) is 11.2. The first-order valence-corrected chi connectivity index (χ1v) is 7.92. The number of benzene rings is 2. The summed E-state index contributed by atoms with van der Waals surface area (Å²) in [5.41, 5.74) is 5.39. The molecule has 0 fully saturated rings. The summed E-state index contributed by atoms with van der Waals surface area (Å²) >= 11 is 1.02. The molecule has 0 unspecified atom stereocenters. The number of halogens is 2. The number of rotatable bonds is 4. The van der Waals surface area contributed by atoms with E-state index in [1.807, 2.05) is 0 Å². The molecular weight excluding hydrogens is 348 g/mol. The van der Waals surface area contributed by atoms with Crippen LogP contribution in [0.25, 0.3) is 10.4 Å². The summed E-state index contributed by atoms with van der Waals surface area (Å²) in [4.78, 5) is 24.4. The molecule has 0 saturated heterocycles.